The summed E-state index contributed by atoms with van der Waals surface area (Å²) in [5.74, 6) is -0.714. The Labute approximate surface area is 150 Å². The van der Waals surface area contributed by atoms with E-state index >= 15 is 0 Å². The summed E-state index contributed by atoms with van der Waals surface area (Å²) in [6.07, 6.45) is -1.09. The summed E-state index contributed by atoms with van der Waals surface area (Å²) in [6.45, 7) is 0.215. The molecule has 2 aromatic carbocycles. The van der Waals surface area contributed by atoms with Gasteiger partial charge in [-0.15, -0.1) is 0 Å². The normalized spacial score (nSPS) is 12.5. The first-order valence-electron chi connectivity index (χ1n) is 7.71. The van der Waals surface area contributed by atoms with E-state index in [1.807, 2.05) is 0 Å². The molecule has 1 amide bonds. The molecule has 1 atom stereocenters. The van der Waals surface area contributed by atoms with Crippen molar-refractivity contribution in [3.05, 3.63) is 65.0 Å². The number of methoxy groups -OCH3 is 2. The molecule has 0 aliphatic rings. The maximum absolute atomic E-state index is 14.2. The minimum absolute atomic E-state index is 0.00462. The van der Waals surface area contributed by atoms with Crippen LogP contribution in [0, 0.1) is 5.82 Å². The monoisotopic (exact) mass is 361 g/mol. The molecule has 0 aliphatic carbocycles. The fourth-order valence-electron chi connectivity index (χ4n) is 2.36. The molecular formula is C18H20FN3O4. The van der Waals surface area contributed by atoms with Crippen molar-refractivity contribution in [3.63, 3.8) is 0 Å². The second-order valence-corrected chi connectivity index (χ2v) is 5.40. The molecule has 0 bridgehead atoms. The van der Waals surface area contributed by atoms with Crippen molar-refractivity contribution < 1.29 is 23.9 Å². The molecule has 0 aromatic heterocycles. The van der Waals surface area contributed by atoms with E-state index in [0.29, 0.717) is 11.3 Å². The molecular weight excluding hydrogens is 341 g/mol. The van der Waals surface area contributed by atoms with Gasteiger partial charge < -0.3 is 25.7 Å². The number of halogens is 1. The van der Waals surface area contributed by atoms with Gasteiger partial charge >= 0.3 is 0 Å². The van der Waals surface area contributed by atoms with Crippen LogP contribution in [0.5, 0.6) is 5.75 Å². The SMILES string of the molecule is COc1ccc([C@@H](OC)C(=O)NCc2ccc(/C(N)=N\O)cc2)c(F)c1. The van der Waals surface area contributed by atoms with Crippen molar-refractivity contribution in [2.75, 3.05) is 14.2 Å². The molecule has 2 aromatic rings. The molecule has 0 fully saturated rings. The number of carbonyl (C=O) groups is 1. The second kappa shape index (κ2) is 8.82. The van der Waals surface area contributed by atoms with E-state index in [1.165, 1.54) is 26.4 Å². The van der Waals surface area contributed by atoms with Crippen molar-refractivity contribution in [3.8, 4) is 5.75 Å². The second-order valence-electron chi connectivity index (χ2n) is 5.40. The Hall–Kier alpha value is -3.13. The molecule has 7 nitrogen and oxygen atoms in total. The molecule has 4 N–H and O–H groups in total. The lowest BCUT2D eigenvalue weighted by atomic mass is 10.1. The van der Waals surface area contributed by atoms with Crippen molar-refractivity contribution in [1.82, 2.24) is 5.32 Å². The molecule has 0 unspecified atom stereocenters. The van der Waals surface area contributed by atoms with Crippen LogP contribution in [0.3, 0.4) is 0 Å². The number of nitrogens with zero attached hydrogens (tertiary/aromatic N) is 1. The number of nitrogens with one attached hydrogen (secondary N) is 1. The molecule has 26 heavy (non-hydrogen) atoms. The summed E-state index contributed by atoms with van der Waals surface area (Å²) in [4.78, 5) is 12.4. The number of carbonyl (C=O) groups excluding carboxylic acids is 1. The van der Waals surface area contributed by atoms with Crippen LogP contribution in [-0.2, 0) is 16.1 Å². The number of amidine groups is 1. The first-order valence-corrected chi connectivity index (χ1v) is 7.71. The van der Waals surface area contributed by atoms with Crippen LogP contribution in [0.25, 0.3) is 0 Å². The highest BCUT2D eigenvalue weighted by Gasteiger charge is 2.23. The Morgan fingerprint density at radius 2 is 1.96 bits per heavy atom. The highest BCUT2D eigenvalue weighted by Crippen LogP contribution is 2.24. The average Bonchev–Trinajstić information content (AvgIpc) is 2.67. The van der Waals surface area contributed by atoms with E-state index in [1.54, 1.807) is 30.3 Å². The van der Waals surface area contributed by atoms with Crippen LogP contribution < -0.4 is 15.8 Å². The number of rotatable bonds is 7. The van der Waals surface area contributed by atoms with Gasteiger partial charge in [-0.05, 0) is 17.7 Å². The van der Waals surface area contributed by atoms with Crippen LogP contribution in [0.4, 0.5) is 4.39 Å². The van der Waals surface area contributed by atoms with Gasteiger partial charge in [-0.25, -0.2) is 4.39 Å². The van der Waals surface area contributed by atoms with Crippen molar-refractivity contribution in [1.29, 1.82) is 0 Å². The third kappa shape index (κ3) is 4.48. The summed E-state index contributed by atoms with van der Waals surface area (Å²) < 4.78 is 24.3. The lowest BCUT2D eigenvalue weighted by molar-refractivity contribution is -0.131. The highest BCUT2D eigenvalue weighted by atomic mass is 19.1. The van der Waals surface area contributed by atoms with E-state index < -0.39 is 17.8 Å². The van der Waals surface area contributed by atoms with Crippen LogP contribution >= 0.6 is 0 Å². The predicted octanol–water partition coefficient (Wildman–Crippen LogP) is 1.93. The Morgan fingerprint density at radius 1 is 1.27 bits per heavy atom. The third-order valence-corrected chi connectivity index (χ3v) is 3.79. The fourth-order valence-corrected chi connectivity index (χ4v) is 2.36. The van der Waals surface area contributed by atoms with Crippen LogP contribution in [0.15, 0.2) is 47.6 Å². The van der Waals surface area contributed by atoms with Gasteiger partial charge in [-0.1, -0.05) is 29.4 Å². The van der Waals surface area contributed by atoms with Gasteiger partial charge in [0.05, 0.1) is 7.11 Å². The zero-order chi connectivity index (χ0) is 19.1. The van der Waals surface area contributed by atoms with Gasteiger partial charge in [-0.3, -0.25) is 4.79 Å². The zero-order valence-corrected chi connectivity index (χ0v) is 14.4. The fraction of sp³-hybridized carbons (Fsp3) is 0.222. The largest absolute Gasteiger partial charge is 0.497 e. The first kappa shape index (κ1) is 19.2. The Kier molecular flexibility index (Phi) is 6.51. The highest BCUT2D eigenvalue weighted by molar-refractivity contribution is 5.97. The molecule has 0 radical (unpaired) electrons. The number of benzene rings is 2. The maximum atomic E-state index is 14.2. The van der Waals surface area contributed by atoms with Gasteiger partial charge in [0.1, 0.15) is 11.6 Å². The van der Waals surface area contributed by atoms with E-state index in [2.05, 4.69) is 10.5 Å². The first-order chi connectivity index (χ1) is 12.5. The van der Waals surface area contributed by atoms with Crippen LogP contribution in [0.2, 0.25) is 0 Å². The zero-order valence-electron chi connectivity index (χ0n) is 14.4. The summed E-state index contributed by atoms with van der Waals surface area (Å²) in [5.41, 5.74) is 6.95. The Morgan fingerprint density at radius 3 is 2.50 bits per heavy atom. The number of ether oxygens (including phenoxy) is 2. The molecule has 0 aliphatic heterocycles. The lowest BCUT2D eigenvalue weighted by Crippen LogP contribution is -2.30. The lowest BCUT2D eigenvalue weighted by Gasteiger charge is -2.17. The summed E-state index contributed by atoms with van der Waals surface area (Å²) >= 11 is 0. The maximum Gasteiger partial charge on any atom is 0.254 e. The van der Waals surface area contributed by atoms with Crippen LogP contribution in [0.1, 0.15) is 22.8 Å². The predicted molar refractivity (Wildman–Crippen MR) is 93.5 cm³/mol. The summed E-state index contributed by atoms with van der Waals surface area (Å²) in [6, 6.07) is 11.0. The van der Waals surface area contributed by atoms with Crippen LogP contribution in [-0.4, -0.2) is 31.2 Å². The molecule has 2 rings (SSSR count). The van der Waals surface area contributed by atoms with E-state index in [-0.39, 0.29) is 17.9 Å². The molecule has 138 valence electrons. The quantitative estimate of drug-likeness (QED) is 0.302. The van der Waals surface area contributed by atoms with Crippen molar-refractivity contribution in [2.45, 2.75) is 12.6 Å². The van der Waals surface area contributed by atoms with Crippen molar-refractivity contribution >= 4 is 11.7 Å². The third-order valence-electron chi connectivity index (χ3n) is 3.79. The van der Waals surface area contributed by atoms with Gasteiger partial charge in [0.15, 0.2) is 11.9 Å². The number of hydrogen-bond acceptors (Lipinski definition) is 5. The van der Waals surface area contributed by atoms with E-state index in [4.69, 9.17) is 20.4 Å². The minimum atomic E-state index is -1.09. The number of oxime groups is 1. The van der Waals surface area contributed by atoms with E-state index in [9.17, 15) is 9.18 Å². The summed E-state index contributed by atoms with van der Waals surface area (Å²) in [7, 11) is 2.76. The van der Waals surface area contributed by atoms with Crippen molar-refractivity contribution in [2.24, 2.45) is 10.9 Å². The number of amides is 1. The van der Waals surface area contributed by atoms with E-state index in [0.717, 1.165) is 5.56 Å². The van der Waals surface area contributed by atoms with Gasteiger partial charge in [0.25, 0.3) is 5.91 Å². The van der Waals surface area contributed by atoms with Gasteiger partial charge in [0, 0.05) is 30.8 Å². The van der Waals surface area contributed by atoms with Gasteiger partial charge in [-0.2, -0.15) is 0 Å². The summed E-state index contributed by atoms with van der Waals surface area (Å²) in [5, 5.41) is 14.2. The number of hydrogen-bond donors (Lipinski definition) is 3. The Bertz CT molecular complexity index is 794. The van der Waals surface area contributed by atoms with Gasteiger partial charge in [0.2, 0.25) is 0 Å². The number of nitrogens with two attached hydrogens (primary N) is 1. The Balaban J connectivity index is 2.05. The molecule has 0 saturated carbocycles. The molecule has 0 heterocycles. The molecule has 0 saturated heterocycles. The standard InChI is InChI=1S/C18H20FN3O4/c1-25-13-7-8-14(15(19)9-13)16(26-2)18(23)21-10-11-3-5-12(6-4-11)17(20)22-24/h3-9,16,24H,10H2,1-2H3,(H2,20,22)(H,21,23)/t16-/m1/s1. The smallest absolute Gasteiger partial charge is 0.254 e. The minimum Gasteiger partial charge on any atom is -0.497 e. The topological polar surface area (TPSA) is 106 Å². The molecule has 8 heteroatoms. The molecule has 0 spiro atoms. The average molecular weight is 361 g/mol.